The second kappa shape index (κ2) is 41.6. The largest absolute Gasteiger partial charge is 0.488 e. The Bertz CT molecular complexity index is 1540. The van der Waals surface area contributed by atoms with Crippen molar-refractivity contribution in [3.63, 3.8) is 0 Å². The number of nitrogens with zero attached hydrogens (tertiary/aromatic N) is 2. The Hall–Kier alpha value is -3.35. The molecule has 0 aliphatic rings. The molecule has 67 heavy (non-hydrogen) atoms. The van der Waals surface area contributed by atoms with Crippen molar-refractivity contribution in [3.05, 3.63) is 72.3 Å². The number of hydrogen-bond donors (Lipinski definition) is 6. The molecule has 0 bridgehead atoms. The van der Waals surface area contributed by atoms with Gasteiger partial charge in [-0.2, -0.15) is 0 Å². The first-order valence-corrected chi connectivity index (χ1v) is 23.4. The summed E-state index contributed by atoms with van der Waals surface area (Å²) < 4.78 is 49.3. The highest BCUT2D eigenvalue weighted by molar-refractivity contribution is 6.59. The number of unbranched alkanes of at least 4 members (excludes halogenated alkanes) is 3. The highest BCUT2D eigenvalue weighted by atomic mass is 16.6. The molecule has 0 unspecified atom stereocenters. The zero-order valence-corrected chi connectivity index (χ0v) is 39.7. The van der Waals surface area contributed by atoms with Crippen molar-refractivity contribution in [2.45, 2.75) is 38.8 Å². The van der Waals surface area contributed by atoms with Gasteiger partial charge < -0.3 is 73.4 Å². The lowest BCUT2D eigenvalue weighted by atomic mass is 9.77. The molecule has 19 nitrogen and oxygen atoms in total. The maximum atomic E-state index is 13.1. The first-order chi connectivity index (χ1) is 32.7. The Balaban J connectivity index is 1.74. The van der Waals surface area contributed by atoms with Gasteiger partial charge in [0.15, 0.2) is 0 Å². The SMILES string of the molecule is C=CC(=O)NCCOCCOCCOCCOCCN(CCCCCCN(CC(=O)NCCOCCOCCOCCOCCOC)Cc1ccccc1B(O)O)Cc1ccccc1B(O)O. The van der Waals surface area contributed by atoms with Crippen molar-refractivity contribution in [2.75, 3.05) is 159 Å². The average Bonchev–Trinajstić information content (AvgIpc) is 3.32. The van der Waals surface area contributed by atoms with E-state index in [0.717, 1.165) is 43.4 Å². The van der Waals surface area contributed by atoms with Gasteiger partial charge in [0.2, 0.25) is 11.8 Å². The third-order valence-electron chi connectivity index (χ3n) is 10.0. The van der Waals surface area contributed by atoms with E-state index in [1.807, 2.05) is 29.2 Å². The fraction of sp³-hybridized carbons (Fsp3) is 0.652. The van der Waals surface area contributed by atoms with Crippen LogP contribution < -0.4 is 21.6 Å². The van der Waals surface area contributed by atoms with E-state index in [0.29, 0.717) is 163 Å². The Morgan fingerprint density at radius 2 is 0.910 bits per heavy atom. The summed E-state index contributed by atoms with van der Waals surface area (Å²) in [6.07, 6.45) is 4.78. The number of rotatable bonds is 46. The molecule has 0 spiro atoms. The molecule has 0 aliphatic carbocycles. The molecule has 21 heteroatoms. The van der Waals surface area contributed by atoms with Crippen molar-refractivity contribution in [1.29, 1.82) is 0 Å². The van der Waals surface area contributed by atoms with Gasteiger partial charge in [-0.25, -0.2) is 0 Å². The molecule has 378 valence electrons. The van der Waals surface area contributed by atoms with Crippen molar-refractivity contribution in [2.24, 2.45) is 0 Å². The van der Waals surface area contributed by atoms with Gasteiger partial charge in [-0.3, -0.25) is 19.4 Å². The predicted octanol–water partition coefficient (Wildman–Crippen LogP) is -0.892. The van der Waals surface area contributed by atoms with E-state index >= 15 is 0 Å². The summed E-state index contributed by atoms with van der Waals surface area (Å²) >= 11 is 0. The van der Waals surface area contributed by atoms with Crippen LogP contribution in [0.3, 0.4) is 0 Å². The van der Waals surface area contributed by atoms with E-state index in [9.17, 15) is 29.7 Å². The molecule has 0 saturated heterocycles. The molecule has 2 rings (SSSR count). The fourth-order valence-electron chi connectivity index (χ4n) is 6.55. The van der Waals surface area contributed by atoms with Crippen molar-refractivity contribution in [1.82, 2.24) is 20.4 Å². The molecule has 0 saturated carbocycles. The van der Waals surface area contributed by atoms with Gasteiger partial charge in [-0.15, -0.1) is 0 Å². The highest BCUT2D eigenvalue weighted by Gasteiger charge is 2.20. The predicted molar refractivity (Wildman–Crippen MR) is 256 cm³/mol. The first-order valence-electron chi connectivity index (χ1n) is 23.4. The minimum atomic E-state index is -1.62. The van der Waals surface area contributed by atoms with Gasteiger partial charge in [0.25, 0.3) is 0 Å². The van der Waals surface area contributed by atoms with E-state index in [1.165, 1.54) is 6.08 Å². The molecule has 0 aromatic heterocycles. The smallest absolute Gasteiger partial charge is 0.423 e. The van der Waals surface area contributed by atoms with E-state index in [4.69, 9.17) is 42.6 Å². The van der Waals surface area contributed by atoms with Gasteiger partial charge >= 0.3 is 14.2 Å². The number of nitrogens with one attached hydrogen (secondary N) is 2. The lowest BCUT2D eigenvalue weighted by Gasteiger charge is -2.24. The Labute approximate surface area is 398 Å². The molecule has 6 N–H and O–H groups in total. The molecule has 0 heterocycles. The third-order valence-corrected chi connectivity index (χ3v) is 10.0. The summed E-state index contributed by atoms with van der Waals surface area (Å²) in [5.74, 6) is -0.387. The van der Waals surface area contributed by atoms with Crippen LogP contribution in [0.15, 0.2) is 61.2 Å². The van der Waals surface area contributed by atoms with E-state index in [2.05, 4.69) is 22.1 Å². The monoisotopic (exact) mass is 949 g/mol. The number of ether oxygens (including phenoxy) is 9. The summed E-state index contributed by atoms with van der Waals surface area (Å²) in [5.41, 5.74) is 2.45. The Morgan fingerprint density at radius 1 is 0.522 bits per heavy atom. The van der Waals surface area contributed by atoms with E-state index in [1.54, 1.807) is 31.4 Å². The lowest BCUT2D eigenvalue weighted by Crippen LogP contribution is -2.41. The van der Waals surface area contributed by atoms with Crippen molar-refractivity contribution < 1.29 is 72.3 Å². The van der Waals surface area contributed by atoms with Crippen molar-refractivity contribution in [3.8, 4) is 0 Å². The van der Waals surface area contributed by atoms with Crippen molar-refractivity contribution >= 4 is 37.0 Å². The van der Waals surface area contributed by atoms with Crippen LogP contribution in [0.4, 0.5) is 0 Å². The van der Waals surface area contributed by atoms with Gasteiger partial charge in [-0.05, 0) is 54.1 Å². The molecule has 2 aromatic carbocycles. The highest BCUT2D eigenvalue weighted by Crippen LogP contribution is 2.10. The van der Waals surface area contributed by atoms with Gasteiger partial charge in [0, 0.05) is 39.8 Å². The average molecular weight is 949 g/mol. The number of carbonyl (C=O) groups is 2. The lowest BCUT2D eigenvalue weighted by molar-refractivity contribution is -0.122. The minimum absolute atomic E-state index is 0.134. The minimum Gasteiger partial charge on any atom is -0.423 e. The second-order valence-electron chi connectivity index (χ2n) is 15.3. The van der Waals surface area contributed by atoms with E-state index < -0.39 is 14.2 Å². The molecular formula is C46H78B2N4O15. The van der Waals surface area contributed by atoms with Gasteiger partial charge in [-0.1, -0.05) is 68.0 Å². The van der Waals surface area contributed by atoms with Crippen LogP contribution in [0.2, 0.25) is 0 Å². The van der Waals surface area contributed by atoms with Crippen LogP contribution in [0.25, 0.3) is 0 Å². The summed E-state index contributed by atoms with van der Waals surface area (Å²) in [6.45, 7) is 14.8. The molecule has 0 atom stereocenters. The third kappa shape index (κ3) is 32.2. The zero-order chi connectivity index (χ0) is 48.4. The molecule has 0 aliphatic heterocycles. The van der Waals surface area contributed by atoms with Crippen LogP contribution in [-0.4, -0.2) is 215 Å². The molecule has 0 fully saturated rings. The molecular weight excluding hydrogens is 870 g/mol. The molecule has 0 radical (unpaired) electrons. The van der Waals surface area contributed by atoms with Crippen LogP contribution in [0.1, 0.15) is 36.8 Å². The van der Waals surface area contributed by atoms with E-state index in [-0.39, 0.29) is 18.4 Å². The Morgan fingerprint density at radius 3 is 1.36 bits per heavy atom. The number of hydrogen-bond acceptors (Lipinski definition) is 17. The number of amides is 2. The molecule has 2 aromatic rings. The van der Waals surface area contributed by atoms with Gasteiger partial charge in [0.05, 0.1) is 119 Å². The fourth-order valence-corrected chi connectivity index (χ4v) is 6.55. The Kier molecular flexibility index (Phi) is 37.1. The molecule has 2 amide bonds. The first kappa shape index (κ1) is 59.8. The summed E-state index contributed by atoms with van der Waals surface area (Å²) in [6, 6.07) is 14.4. The number of benzene rings is 2. The zero-order valence-electron chi connectivity index (χ0n) is 39.7. The van der Waals surface area contributed by atoms with Crippen LogP contribution in [0.5, 0.6) is 0 Å². The van der Waals surface area contributed by atoms with Crippen LogP contribution in [-0.2, 0) is 65.3 Å². The van der Waals surface area contributed by atoms with Crippen LogP contribution >= 0.6 is 0 Å². The summed E-state index contributed by atoms with van der Waals surface area (Å²) in [5, 5.41) is 45.5. The quantitative estimate of drug-likeness (QED) is 0.0269. The number of methoxy groups -OCH3 is 1. The van der Waals surface area contributed by atoms with Crippen LogP contribution in [0, 0.1) is 0 Å². The second-order valence-corrected chi connectivity index (χ2v) is 15.3. The normalized spacial score (nSPS) is 11.4. The van der Waals surface area contributed by atoms with Gasteiger partial charge in [0.1, 0.15) is 0 Å². The topological polar surface area (TPSA) is 229 Å². The maximum absolute atomic E-state index is 13.1. The number of carbonyl (C=O) groups excluding carboxylic acids is 2. The standard InChI is InChI=1S/C46H78B2N4O15/c1-3-45(53)49-16-21-60-26-29-64-34-36-66-31-28-62-23-20-51(38-41-12-6-8-14-43(41)47(55)56)18-10-4-5-11-19-52(39-42-13-7-9-15-44(42)48(57)58)40-46(54)50-17-22-61-27-30-65-35-37-67-33-32-63-25-24-59-2/h3,6-9,12-15,55-58H,1,4-5,10-11,16-40H2,2H3,(H,49,53)(H,50,54). The summed E-state index contributed by atoms with van der Waals surface area (Å²) in [4.78, 5) is 28.4. The maximum Gasteiger partial charge on any atom is 0.488 e. The summed E-state index contributed by atoms with van der Waals surface area (Å²) in [7, 11) is -1.57.